The van der Waals surface area contributed by atoms with Crippen molar-refractivity contribution in [1.82, 2.24) is 9.80 Å². The van der Waals surface area contributed by atoms with Gasteiger partial charge in [-0.1, -0.05) is 0 Å². The molecule has 0 saturated carbocycles. The van der Waals surface area contributed by atoms with E-state index in [1.54, 1.807) is 23.1 Å². The number of carbonyl (C=O) groups excluding carboxylic acids is 1. The highest BCUT2D eigenvalue weighted by atomic mass is 16.6. The zero-order valence-electron chi connectivity index (χ0n) is 22.7. The van der Waals surface area contributed by atoms with E-state index in [0.29, 0.717) is 72.6 Å². The number of aliphatic carboxylic acids is 2. The van der Waals surface area contributed by atoms with Crippen molar-refractivity contribution in [3.05, 3.63) is 45.5 Å². The van der Waals surface area contributed by atoms with E-state index in [1.807, 2.05) is 0 Å². The third-order valence-corrected chi connectivity index (χ3v) is 5.93. The molecule has 1 fully saturated rings. The van der Waals surface area contributed by atoms with Crippen molar-refractivity contribution < 1.29 is 53.2 Å². The van der Waals surface area contributed by atoms with Gasteiger partial charge in [0.15, 0.2) is 23.0 Å². The van der Waals surface area contributed by atoms with Crippen molar-refractivity contribution in [3.8, 4) is 28.7 Å². The Hall–Kier alpha value is -4.79. The van der Waals surface area contributed by atoms with Crippen LogP contribution in [-0.2, 0) is 16.1 Å². The maximum absolute atomic E-state index is 13.1. The van der Waals surface area contributed by atoms with Gasteiger partial charge in [0, 0.05) is 43.9 Å². The lowest BCUT2D eigenvalue weighted by Gasteiger charge is -2.35. The zero-order chi connectivity index (χ0) is 30.0. The van der Waals surface area contributed by atoms with E-state index in [2.05, 4.69) is 4.90 Å². The van der Waals surface area contributed by atoms with Gasteiger partial charge in [-0.3, -0.25) is 19.8 Å². The van der Waals surface area contributed by atoms with Gasteiger partial charge in [0.05, 0.1) is 46.5 Å². The molecule has 15 nitrogen and oxygen atoms in total. The van der Waals surface area contributed by atoms with Gasteiger partial charge in [-0.2, -0.15) is 0 Å². The number of nitrogens with zero attached hydrogens (tertiary/aromatic N) is 3. The lowest BCUT2D eigenvalue weighted by Crippen LogP contribution is -2.48. The van der Waals surface area contributed by atoms with Crippen LogP contribution in [0.1, 0.15) is 15.9 Å². The van der Waals surface area contributed by atoms with E-state index in [9.17, 15) is 14.9 Å². The molecule has 15 heteroatoms. The zero-order valence-corrected chi connectivity index (χ0v) is 22.7. The van der Waals surface area contributed by atoms with Crippen LogP contribution in [0.2, 0.25) is 0 Å². The van der Waals surface area contributed by atoms with Gasteiger partial charge in [-0.05, 0) is 18.2 Å². The third-order valence-electron chi connectivity index (χ3n) is 5.93. The average molecular weight is 566 g/mol. The first-order valence-electron chi connectivity index (χ1n) is 11.7. The van der Waals surface area contributed by atoms with Gasteiger partial charge in [-0.25, -0.2) is 9.59 Å². The van der Waals surface area contributed by atoms with Crippen LogP contribution in [0.5, 0.6) is 28.7 Å². The van der Waals surface area contributed by atoms with Crippen LogP contribution in [0.3, 0.4) is 0 Å². The van der Waals surface area contributed by atoms with Crippen molar-refractivity contribution in [2.75, 3.05) is 61.7 Å². The summed E-state index contributed by atoms with van der Waals surface area (Å²) in [5, 5.41) is 26.4. The molecule has 0 aliphatic carbocycles. The minimum Gasteiger partial charge on any atom is -0.493 e. The van der Waals surface area contributed by atoms with Crippen LogP contribution < -0.4 is 23.7 Å². The molecule has 1 saturated heterocycles. The average Bonchev–Trinajstić information content (AvgIpc) is 2.96. The number of nitro benzene ring substituents is 1. The van der Waals surface area contributed by atoms with Gasteiger partial charge < -0.3 is 38.8 Å². The molecule has 1 aliphatic rings. The predicted octanol–water partition coefficient (Wildman–Crippen LogP) is 1.75. The third kappa shape index (κ3) is 7.63. The molecule has 3 rings (SSSR count). The maximum atomic E-state index is 13.1. The predicted molar refractivity (Wildman–Crippen MR) is 139 cm³/mol. The molecule has 2 N–H and O–H groups in total. The summed E-state index contributed by atoms with van der Waals surface area (Å²) < 4.78 is 26.5. The molecule has 2 aromatic rings. The number of rotatable bonds is 9. The summed E-state index contributed by atoms with van der Waals surface area (Å²) in [5.74, 6) is -1.84. The molecular formula is C25H31N3O12. The van der Waals surface area contributed by atoms with Crippen molar-refractivity contribution in [3.63, 3.8) is 0 Å². The molecule has 1 heterocycles. The Labute approximate surface area is 229 Å². The number of benzene rings is 2. The minimum atomic E-state index is -1.82. The number of nitro groups is 1. The largest absolute Gasteiger partial charge is 0.493 e. The first-order chi connectivity index (χ1) is 19.0. The quantitative estimate of drug-likeness (QED) is 0.254. The van der Waals surface area contributed by atoms with Crippen molar-refractivity contribution in [2.45, 2.75) is 6.54 Å². The summed E-state index contributed by atoms with van der Waals surface area (Å²) in [5.41, 5.74) is 0.916. The summed E-state index contributed by atoms with van der Waals surface area (Å²) in [4.78, 5) is 46.3. The second-order valence-corrected chi connectivity index (χ2v) is 8.19. The summed E-state index contributed by atoms with van der Waals surface area (Å²) in [6.45, 7) is 2.40. The molecule has 40 heavy (non-hydrogen) atoms. The number of methoxy groups -OCH3 is 5. The Kier molecular flexibility index (Phi) is 11.3. The molecule has 0 atom stereocenters. The molecule has 0 radical (unpaired) electrons. The normalized spacial score (nSPS) is 12.9. The number of piperazine rings is 1. The first-order valence-corrected chi connectivity index (χ1v) is 11.7. The number of ether oxygens (including phenoxy) is 5. The van der Waals surface area contributed by atoms with E-state index in [-0.39, 0.29) is 11.6 Å². The molecule has 1 aliphatic heterocycles. The highest BCUT2D eigenvalue weighted by Crippen LogP contribution is 2.39. The van der Waals surface area contributed by atoms with Crippen LogP contribution in [0.15, 0.2) is 24.3 Å². The number of carboxylic acids is 2. The molecule has 0 bridgehead atoms. The van der Waals surface area contributed by atoms with Crippen molar-refractivity contribution in [1.29, 1.82) is 0 Å². The fraction of sp³-hybridized carbons (Fsp3) is 0.400. The van der Waals surface area contributed by atoms with Crippen molar-refractivity contribution >= 4 is 23.5 Å². The van der Waals surface area contributed by atoms with Crippen molar-refractivity contribution in [2.24, 2.45) is 0 Å². The SMILES string of the molecule is COc1cc(CN2CCN(C(=O)c3cc(OC)c(OC)c(OC)c3)CC2)c([N+](=O)[O-])cc1OC.O=C(O)C(=O)O. The number of carbonyl (C=O) groups is 3. The van der Waals surface area contributed by atoms with Crippen LogP contribution in [0.25, 0.3) is 0 Å². The molecule has 0 spiro atoms. The molecule has 2 aromatic carbocycles. The molecule has 1 amide bonds. The first kappa shape index (κ1) is 31.4. The van der Waals surface area contributed by atoms with Crippen LogP contribution in [0, 0.1) is 10.1 Å². The monoisotopic (exact) mass is 565 g/mol. The lowest BCUT2D eigenvalue weighted by atomic mass is 10.1. The second kappa shape index (κ2) is 14.4. The number of hydrogen-bond donors (Lipinski definition) is 2. The van der Waals surface area contributed by atoms with E-state index in [4.69, 9.17) is 43.5 Å². The Balaban J connectivity index is 0.000000840. The van der Waals surface area contributed by atoms with Crippen LogP contribution in [-0.4, -0.2) is 105 Å². The highest BCUT2D eigenvalue weighted by Gasteiger charge is 2.27. The summed E-state index contributed by atoms with van der Waals surface area (Å²) in [6.07, 6.45) is 0. The van der Waals surface area contributed by atoms with E-state index >= 15 is 0 Å². The number of hydrogen-bond acceptors (Lipinski definition) is 11. The van der Waals surface area contributed by atoms with Gasteiger partial charge in [-0.15, -0.1) is 0 Å². The summed E-state index contributed by atoms with van der Waals surface area (Å²) in [7, 11) is 7.42. The van der Waals surface area contributed by atoms with Gasteiger partial charge in [0.2, 0.25) is 5.75 Å². The van der Waals surface area contributed by atoms with Gasteiger partial charge in [0.1, 0.15) is 0 Å². The Morgan fingerprint density at radius 2 is 1.25 bits per heavy atom. The number of carboxylic acid groups (broad SMARTS) is 2. The standard InChI is InChI=1S/C23H29N3O8.C2H2O4/c1-30-18-12-16(17(26(28)29)13-19(18)31-2)14-24-6-8-25(9-7-24)23(27)15-10-20(32-3)22(34-5)21(11-15)33-4;3-1(4)2(5)6/h10-13H,6-9,14H2,1-5H3;(H,3,4)(H,5,6). The molecular weight excluding hydrogens is 534 g/mol. The molecule has 218 valence electrons. The summed E-state index contributed by atoms with van der Waals surface area (Å²) >= 11 is 0. The molecule has 0 unspecified atom stereocenters. The number of amides is 1. The minimum absolute atomic E-state index is 0.0337. The summed E-state index contributed by atoms with van der Waals surface area (Å²) in [6, 6.07) is 6.26. The Morgan fingerprint density at radius 3 is 1.65 bits per heavy atom. The topological polar surface area (TPSA) is 187 Å². The van der Waals surface area contributed by atoms with E-state index < -0.39 is 16.9 Å². The fourth-order valence-corrected chi connectivity index (χ4v) is 3.94. The van der Waals surface area contributed by atoms with Gasteiger partial charge >= 0.3 is 11.9 Å². The van der Waals surface area contributed by atoms with E-state index in [1.165, 1.54) is 41.6 Å². The smallest absolute Gasteiger partial charge is 0.414 e. The fourth-order valence-electron chi connectivity index (χ4n) is 3.94. The van der Waals surface area contributed by atoms with Gasteiger partial charge in [0.25, 0.3) is 11.6 Å². The highest BCUT2D eigenvalue weighted by molar-refractivity contribution is 6.27. The Morgan fingerprint density at radius 1 is 0.775 bits per heavy atom. The van der Waals surface area contributed by atoms with Crippen LogP contribution in [0.4, 0.5) is 5.69 Å². The lowest BCUT2D eigenvalue weighted by molar-refractivity contribution is -0.385. The second-order valence-electron chi connectivity index (χ2n) is 8.19. The maximum Gasteiger partial charge on any atom is 0.414 e. The Bertz CT molecular complexity index is 1200. The molecule has 0 aromatic heterocycles. The van der Waals surface area contributed by atoms with E-state index in [0.717, 1.165) is 0 Å². The van der Waals surface area contributed by atoms with Crippen LogP contribution >= 0.6 is 0 Å².